The Hall–Kier alpha value is -2.44. The van der Waals surface area contributed by atoms with E-state index in [-0.39, 0.29) is 23.3 Å². The van der Waals surface area contributed by atoms with Crippen molar-refractivity contribution < 1.29 is 39.6 Å². The zero-order valence-electron chi connectivity index (χ0n) is 35.2. The molecular formula is C47H58O8S8. The molecule has 0 bridgehead atoms. The minimum atomic E-state index is -0.717. The zero-order chi connectivity index (χ0) is 45.3. The highest BCUT2D eigenvalue weighted by Gasteiger charge is 2.20. The summed E-state index contributed by atoms with van der Waals surface area (Å²) in [5.74, 6) is 6.31. The lowest BCUT2D eigenvalue weighted by atomic mass is 10.1. The first-order valence-corrected chi connectivity index (χ1v) is 29.8. The maximum absolute atomic E-state index is 11.1. The quantitative estimate of drug-likeness (QED) is 0.0412. The number of hydrogen-bond acceptors (Lipinski definition) is 12. The highest BCUT2D eigenvalue weighted by atomic mass is 33.1. The van der Waals surface area contributed by atoms with Crippen LogP contribution in [0.15, 0.2) is 121 Å². The number of carboxylic acid groups (broad SMARTS) is 4. The van der Waals surface area contributed by atoms with E-state index in [0.717, 1.165) is 64.6 Å². The minimum Gasteiger partial charge on any atom is -0.481 e. The molecule has 63 heavy (non-hydrogen) atoms. The molecule has 342 valence electrons. The normalized spacial score (nSPS) is 15.3. The van der Waals surface area contributed by atoms with E-state index in [0.29, 0.717) is 24.0 Å². The van der Waals surface area contributed by atoms with Crippen molar-refractivity contribution in [2.75, 3.05) is 28.8 Å². The Morgan fingerprint density at radius 2 is 0.952 bits per heavy atom. The molecule has 16 heteroatoms. The van der Waals surface area contributed by atoms with Gasteiger partial charge in [0.05, 0.1) is 19.3 Å². The lowest BCUT2D eigenvalue weighted by molar-refractivity contribution is -0.138. The molecule has 2 aliphatic heterocycles. The molecule has 0 amide bonds. The molecule has 2 fully saturated rings. The molecule has 0 spiro atoms. The van der Waals surface area contributed by atoms with E-state index in [4.69, 9.17) is 20.4 Å². The maximum Gasteiger partial charge on any atom is 0.304 e. The lowest BCUT2D eigenvalue weighted by Crippen LogP contribution is -2.13. The third-order valence-corrected chi connectivity index (χ3v) is 19.6. The van der Waals surface area contributed by atoms with Crippen LogP contribution in [0.3, 0.4) is 0 Å². The molecule has 3 atom stereocenters. The van der Waals surface area contributed by atoms with E-state index < -0.39 is 23.9 Å². The molecular weight excluding hydrogens is 949 g/mol. The molecule has 3 unspecified atom stereocenters. The van der Waals surface area contributed by atoms with Crippen molar-refractivity contribution in [2.24, 2.45) is 5.92 Å². The summed E-state index contributed by atoms with van der Waals surface area (Å²) in [5.41, 5.74) is 5.11. The van der Waals surface area contributed by atoms with E-state index in [1.54, 1.807) is 66.7 Å². The van der Waals surface area contributed by atoms with Crippen LogP contribution in [0, 0.1) is 5.92 Å². The van der Waals surface area contributed by atoms with Crippen LogP contribution >= 0.6 is 90.2 Å². The third-order valence-electron chi connectivity index (χ3n) is 8.86. The van der Waals surface area contributed by atoms with Crippen LogP contribution in [0.2, 0.25) is 0 Å². The standard InChI is InChI=1S/C19H22O2S2.C18H20O2S2.2C5H8O2S2/c20-19(21)13-18(23-15-17-9-5-2-6-10-17)11-12-22-14-16-7-3-1-4-8-16;19-18(20)11-17(22-13-16-9-5-2-6-10-16)14-21-12-15-7-3-1-4-8-15;6-5(7)1-4-2-8-9-3-4;6-5(7)3-4-1-2-8-9-4/h1-10,18H,11-15H2,(H,20,21);1-10,17H,11-14H2,(H,19,20);2*4H,1-3H2,(H,6,7). The molecule has 2 saturated heterocycles. The number of hydrogen-bond donors (Lipinski definition) is 4. The second-order valence-corrected chi connectivity index (χ2v) is 24.4. The van der Waals surface area contributed by atoms with Gasteiger partial charge in [-0.25, -0.2) is 0 Å². The van der Waals surface area contributed by atoms with Gasteiger partial charge in [0.2, 0.25) is 0 Å². The summed E-state index contributed by atoms with van der Waals surface area (Å²) in [6, 6.07) is 41.1. The average molecular weight is 1010 g/mol. The highest BCUT2D eigenvalue weighted by Crippen LogP contribution is 2.39. The van der Waals surface area contributed by atoms with E-state index in [1.165, 1.54) is 22.3 Å². The molecule has 0 aromatic heterocycles. The van der Waals surface area contributed by atoms with Crippen molar-refractivity contribution in [1.29, 1.82) is 0 Å². The van der Waals surface area contributed by atoms with Crippen molar-refractivity contribution in [2.45, 2.75) is 77.3 Å². The summed E-state index contributed by atoms with van der Waals surface area (Å²) in [5, 5.41) is 35.6. The first-order valence-electron chi connectivity index (χ1n) is 20.5. The van der Waals surface area contributed by atoms with Gasteiger partial charge in [-0.2, -0.15) is 47.0 Å². The second-order valence-electron chi connectivity index (χ2n) is 14.3. The fraction of sp³-hybridized carbons (Fsp3) is 0.404. The van der Waals surface area contributed by atoms with Crippen LogP contribution in [-0.2, 0) is 42.2 Å². The van der Waals surface area contributed by atoms with E-state index in [9.17, 15) is 19.2 Å². The molecule has 0 radical (unpaired) electrons. The van der Waals surface area contributed by atoms with Gasteiger partial charge in [0, 0.05) is 68.2 Å². The monoisotopic (exact) mass is 1010 g/mol. The Morgan fingerprint density at radius 1 is 0.524 bits per heavy atom. The molecule has 4 aromatic rings. The van der Waals surface area contributed by atoms with E-state index >= 15 is 0 Å². The molecule has 4 N–H and O–H groups in total. The predicted octanol–water partition coefficient (Wildman–Crippen LogP) is 12.9. The van der Waals surface area contributed by atoms with Gasteiger partial charge in [-0.05, 0) is 46.8 Å². The summed E-state index contributed by atoms with van der Waals surface area (Å²) in [6.07, 6.45) is 3.13. The molecule has 6 rings (SSSR count). The van der Waals surface area contributed by atoms with Gasteiger partial charge in [0.15, 0.2) is 0 Å². The Morgan fingerprint density at radius 3 is 1.38 bits per heavy atom. The topological polar surface area (TPSA) is 149 Å². The van der Waals surface area contributed by atoms with Gasteiger partial charge in [-0.3, -0.25) is 19.2 Å². The summed E-state index contributed by atoms with van der Waals surface area (Å²) >= 11 is 7.18. The number of carboxylic acids is 4. The summed E-state index contributed by atoms with van der Waals surface area (Å²) in [6.45, 7) is 0. The van der Waals surface area contributed by atoms with Crippen LogP contribution < -0.4 is 0 Å². The van der Waals surface area contributed by atoms with Crippen LogP contribution in [0.4, 0.5) is 0 Å². The van der Waals surface area contributed by atoms with E-state index in [1.807, 2.05) is 84.2 Å². The van der Waals surface area contributed by atoms with Crippen molar-refractivity contribution in [1.82, 2.24) is 0 Å². The number of aliphatic carboxylic acids is 4. The Labute approximate surface area is 406 Å². The second kappa shape index (κ2) is 34.8. The Balaban J connectivity index is 0.000000243. The number of carbonyl (C=O) groups is 4. The van der Waals surface area contributed by atoms with Gasteiger partial charge in [-0.15, -0.1) is 0 Å². The van der Waals surface area contributed by atoms with Crippen molar-refractivity contribution in [3.63, 3.8) is 0 Å². The fourth-order valence-corrected chi connectivity index (χ4v) is 16.3. The van der Waals surface area contributed by atoms with E-state index in [2.05, 4.69) is 60.7 Å². The maximum atomic E-state index is 11.1. The molecule has 8 nitrogen and oxygen atoms in total. The van der Waals surface area contributed by atoms with Gasteiger partial charge < -0.3 is 20.4 Å². The molecule has 2 aliphatic rings. The molecule has 0 aliphatic carbocycles. The van der Waals surface area contributed by atoms with Crippen molar-refractivity contribution >= 4 is 114 Å². The van der Waals surface area contributed by atoms with Crippen LogP contribution in [0.1, 0.15) is 60.8 Å². The fourth-order valence-electron chi connectivity index (χ4n) is 5.64. The van der Waals surface area contributed by atoms with Crippen LogP contribution in [0.5, 0.6) is 0 Å². The van der Waals surface area contributed by atoms with Crippen molar-refractivity contribution in [3.8, 4) is 0 Å². The molecule has 2 heterocycles. The third kappa shape index (κ3) is 29.0. The predicted molar refractivity (Wildman–Crippen MR) is 279 cm³/mol. The van der Waals surface area contributed by atoms with Gasteiger partial charge in [0.25, 0.3) is 0 Å². The number of benzene rings is 4. The SMILES string of the molecule is O=C(O)CC(CCSCc1ccccc1)SCc1ccccc1.O=C(O)CC(CSCc1ccccc1)SCc1ccccc1.O=C(O)CC1CCSS1.O=C(O)CC1CSSC1. The summed E-state index contributed by atoms with van der Waals surface area (Å²) < 4.78 is 0. The number of thioether (sulfide) groups is 4. The van der Waals surface area contributed by atoms with Gasteiger partial charge in [-0.1, -0.05) is 165 Å². The minimum absolute atomic E-state index is 0.145. The lowest BCUT2D eigenvalue weighted by Gasteiger charge is -2.14. The Bertz CT molecular complexity index is 1790. The van der Waals surface area contributed by atoms with Gasteiger partial charge in [0.1, 0.15) is 0 Å². The van der Waals surface area contributed by atoms with Crippen LogP contribution in [0.25, 0.3) is 0 Å². The summed E-state index contributed by atoms with van der Waals surface area (Å²) in [7, 11) is 7.04. The largest absolute Gasteiger partial charge is 0.481 e. The number of rotatable bonds is 23. The summed E-state index contributed by atoms with van der Waals surface area (Å²) in [4.78, 5) is 42.4. The zero-order valence-corrected chi connectivity index (χ0v) is 41.7. The van der Waals surface area contributed by atoms with Crippen LogP contribution in [-0.4, -0.2) is 88.8 Å². The van der Waals surface area contributed by atoms with Gasteiger partial charge >= 0.3 is 23.9 Å². The molecule has 4 aromatic carbocycles. The van der Waals surface area contributed by atoms with Crippen molar-refractivity contribution in [3.05, 3.63) is 144 Å². The average Bonchev–Trinajstić information content (AvgIpc) is 4.00. The smallest absolute Gasteiger partial charge is 0.304 e. The first-order chi connectivity index (χ1) is 30.5. The molecule has 0 saturated carbocycles. The highest BCUT2D eigenvalue weighted by molar-refractivity contribution is 8.77. The Kier molecular flexibility index (Phi) is 30.4. The first kappa shape index (κ1) is 54.9.